The number of piperidine rings is 2. The Bertz CT molecular complexity index is 2800. The fourth-order valence-electron chi connectivity index (χ4n) is 10.8. The van der Waals surface area contributed by atoms with Gasteiger partial charge in [-0.1, -0.05) is 0 Å². The molecule has 2 unspecified atom stereocenters. The first kappa shape index (κ1) is 53.6. The molecule has 0 saturated carbocycles. The first-order valence-electron chi connectivity index (χ1n) is 24.2. The number of aliphatic hydroxyl groups excluding tert-OH is 2. The van der Waals surface area contributed by atoms with Crippen LogP contribution >= 0.6 is 23.5 Å². The molecule has 2 atom stereocenters. The monoisotopic (exact) mass is 1040 g/mol. The molecule has 8 nitrogen and oxygen atoms in total. The van der Waals surface area contributed by atoms with E-state index in [4.69, 9.17) is 9.47 Å². The smallest absolute Gasteiger partial charge is 0.194 e. The Morgan fingerprint density at radius 3 is 1.43 bits per heavy atom. The summed E-state index contributed by atoms with van der Waals surface area (Å²) in [6, 6.07) is 13.8. The van der Waals surface area contributed by atoms with E-state index in [-0.39, 0.29) is 9.79 Å². The lowest BCUT2D eigenvalue weighted by Gasteiger charge is -2.52. The van der Waals surface area contributed by atoms with E-state index in [0.29, 0.717) is 172 Å². The minimum absolute atomic E-state index is 0.259. The molecule has 0 spiro atoms. The molecule has 2 aliphatic rings. The quantitative estimate of drug-likeness (QED) is 0.0413. The molecule has 0 radical (unpaired) electrons. The number of hydrogen-bond acceptors (Lipinski definition) is 10. The van der Waals surface area contributed by atoms with E-state index in [1.54, 1.807) is 36.4 Å². The van der Waals surface area contributed by atoms with Crippen molar-refractivity contribution >= 4 is 45.3 Å². The number of halogens is 8. The van der Waals surface area contributed by atoms with Crippen LogP contribution in [0.4, 0.5) is 35.1 Å². The average Bonchev–Trinajstić information content (AvgIpc) is 3.37. The highest BCUT2D eigenvalue weighted by Gasteiger charge is 2.51. The van der Waals surface area contributed by atoms with Crippen molar-refractivity contribution in [1.82, 2.24) is 19.8 Å². The largest absolute Gasteiger partial charge is 0.497 e. The predicted octanol–water partition coefficient (Wildman–Crippen LogP) is 11.7. The Morgan fingerprint density at radius 2 is 1.00 bits per heavy atom. The molecule has 6 aromatic rings. The summed E-state index contributed by atoms with van der Waals surface area (Å²) in [5.74, 6) is -6.05. The molecule has 2 aliphatic heterocycles. The van der Waals surface area contributed by atoms with E-state index in [9.17, 15) is 36.6 Å². The Hall–Kier alpha value is -4.72. The molecule has 4 heterocycles. The van der Waals surface area contributed by atoms with E-state index in [0.717, 1.165) is 23.9 Å². The third-order valence-corrected chi connectivity index (χ3v) is 17.0. The molecule has 4 aromatic carbocycles. The Kier molecular flexibility index (Phi) is 17.6. The van der Waals surface area contributed by atoms with Gasteiger partial charge in [0.2, 0.25) is 0 Å². The van der Waals surface area contributed by atoms with Gasteiger partial charge in [0.15, 0.2) is 17.5 Å². The normalized spacial score (nSPS) is 17.1. The highest BCUT2D eigenvalue weighted by Crippen LogP contribution is 2.49. The molecule has 2 fully saturated rings. The molecule has 0 aliphatic carbocycles. The Morgan fingerprint density at radius 1 is 0.569 bits per heavy atom. The second-order valence-corrected chi connectivity index (χ2v) is 21.3. The van der Waals surface area contributed by atoms with Crippen LogP contribution in [0.1, 0.15) is 62.5 Å². The summed E-state index contributed by atoms with van der Waals surface area (Å²) in [7, 11) is 3.06. The van der Waals surface area contributed by atoms with Gasteiger partial charge in [0.05, 0.1) is 54.8 Å². The fraction of sp³-hybridized carbons (Fsp3) is 0.444. The molecule has 8 rings (SSSR count). The van der Waals surface area contributed by atoms with Crippen LogP contribution in [0, 0.1) is 57.4 Å². The third-order valence-electron chi connectivity index (χ3n) is 15.0. The number of ether oxygens (including phenoxy) is 2. The SMILES string of the molecule is COc1ccc2ncc(F)c(CCCC3(C(O)C(O)C4(CCCc5c(F)cnc6ccc(OC)cc56)CCN(CCSc5c(F)cc(F)cc5F)CC4)CCN(CCSc4cc(F)c(F)c(F)c4)CC3)c2c1. The van der Waals surface area contributed by atoms with Crippen molar-refractivity contribution in [2.24, 2.45) is 10.8 Å². The summed E-state index contributed by atoms with van der Waals surface area (Å²) in [6.07, 6.45) is 4.13. The van der Waals surface area contributed by atoms with Crippen molar-refractivity contribution in [2.45, 2.75) is 86.2 Å². The van der Waals surface area contributed by atoms with Crippen LogP contribution in [-0.2, 0) is 12.8 Å². The molecular weight excluding hydrogens is 985 g/mol. The first-order chi connectivity index (χ1) is 34.6. The van der Waals surface area contributed by atoms with Crippen molar-refractivity contribution in [3.05, 3.63) is 131 Å². The van der Waals surface area contributed by atoms with Crippen LogP contribution in [0.25, 0.3) is 21.8 Å². The molecule has 0 amide bonds. The van der Waals surface area contributed by atoms with Crippen LogP contribution < -0.4 is 9.47 Å². The van der Waals surface area contributed by atoms with Crippen molar-refractivity contribution in [3.8, 4) is 11.5 Å². The zero-order chi connectivity index (χ0) is 51.2. The van der Waals surface area contributed by atoms with Gasteiger partial charge in [0.25, 0.3) is 0 Å². The van der Waals surface area contributed by atoms with Gasteiger partial charge in [-0.15, -0.1) is 23.5 Å². The van der Waals surface area contributed by atoms with Crippen LogP contribution in [-0.4, -0.2) is 107 Å². The Balaban J connectivity index is 1.03. The minimum Gasteiger partial charge on any atom is -0.497 e. The minimum atomic E-state index is -1.52. The summed E-state index contributed by atoms with van der Waals surface area (Å²) in [5, 5.41) is 27.0. The van der Waals surface area contributed by atoms with Gasteiger partial charge in [-0.25, -0.2) is 35.1 Å². The molecule has 0 bridgehead atoms. The number of hydrogen-bond donors (Lipinski definition) is 2. The summed E-state index contributed by atoms with van der Waals surface area (Å²) in [4.78, 5) is 12.9. The van der Waals surface area contributed by atoms with Crippen LogP contribution in [0.15, 0.2) is 82.8 Å². The maximum Gasteiger partial charge on any atom is 0.194 e. The number of pyridine rings is 2. The number of aromatic nitrogens is 2. The Labute approximate surface area is 422 Å². The predicted molar refractivity (Wildman–Crippen MR) is 265 cm³/mol. The maximum absolute atomic E-state index is 15.6. The topological polar surface area (TPSA) is 91.2 Å². The number of rotatable bonds is 21. The number of nitrogens with zero attached hydrogens (tertiary/aromatic N) is 4. The lowest BCUT2D eigenvalue weighted by atomic mass is 9.61. The highest BCUT2D eigenvalue weighted by atomic mass is 32.2. The van der Waals surface area contributed by atoms with Gasteiger partial charge in [0.1, 0.15) is 40.6 Å². The molecule has 2 saturated heterocycles. The number of fused-ring (bicyclic) bond motifs is 2. The van der Waals surface area contributed by atoms with Crippen LogP contribution in [0.3, 0.4) is 0 Å². The van der Waals surface area contributed by atoms with Crippen LogP contribution in [0.5, 0.6) is 11.5 Å². The summed E-state index contributed by atoms with van der Waals surface area (Å²) in [6.45, 7) is 2.99. The average molecular weight is 1040 g/mol. The highest BCUT2D eigenvalue weighted by molar-refractivity contribution is 7.99. The van der Waals surface area contributed by atoms with Gasteiger partial charge < -0.3 is 29.5 Å². The van der Waals surface area contributed by atoms with E-state index in [1.807, 2.05) is 0 Å². The van der Waals surface area contributed by atoms with Crippen molar-refractivity contribution in [1.29, 1.82) is 0 Å². The zero-order valence-corrected chi connectivity index (χ0v) is 41.8. The lowest BCUT2D eigenvalue weighted by Crippen LogP contribution is -2.57. The molecule has 386 valence electrons. The number of benzene rings is 4. The second kappa shape index (κ2) is 23.7. The van der Waals surface area contributed by atoms with E-state index >= 15 is 8.78 Å². The first-order valence-corrected chi connectivity index (χ1v) is 26.2. The number of aliphatic hydroxyl groups is 2. The van der Waals surface area contributed by atoms with Crippen molar-refractivity contribution in [2.75, 3.05) is 65.0 Å². The zero-order valence-electron chi connectivity index (χ0n) is 40.2. The summed E-state index contributed by atoms with van der Waals surface area (Å²) >= 11 is 2.15. The van der Waals surface area contributed by atoms with Gasteiger partial charge in [0, 0.05) is 63.2 Å². The summed E-state index contributed by atoms with van der Waals surface area (Å²) in [5.41, 5.74) is 0.455. The van der Waals surface area contributed by atoms with E-state index < -0.39 is 69.6 Å². The molecular formula is C54H58F8N4O4S2. The maximum atomic E-state index is 15.6. The molecule has 2 aromatic heterocycles. The summed E-state index contributed by atoms with van der Waals surface area (Å²) < 4.78 is 126. The second-order valence-electron chi connectivity index (χ2n) is 19.0. The van der Waals surface area contributed by atoms with Gasteiger partial charge in [-0.2, -0.15) is 0 Å². The van der Waals surface area contributed by atoms with Gasteiger partial charge in [-0.3, -0.25) is 9.97 Å². The van der Waals surface area contributed by atoms with Crippen LogP contribution in [0.2, 0.25) is 0 Å². The number of thioether (sulfide) groups is 2. The van der Waals surface area contributed by atoms with E-state index in [1.165, 1.54) is 38.4 Å². The van der Waals surface area contributed by atoms with Gasteiger partial charge in [-0.05, 0) is 150 Å². The third kappa shape index (κ3) is 12.1. The lowest BCUT2D eigenvalue weighted by molar-refractivity contribution is -0.153. The fourth-order valence-corrected chi connectivity index (χ4v) is 12.7. The molecule has 72 heavy (non-hydrogen) atoms. The van der Waals surface area contributed by atoms with Crippen molar-refractivity contribution < 1.29 is 54.8 Å². The van der Waals surface area contributed by atoms with Gasteiger partial charge >= 0.3 is 0 Å². The number of likely N-dealkylation sites (tertiary alicyclic amines) is 2. The number of methoxy groups -OCH3 is 2. The molecule has 2 N–H and O–H groups in total. The standard InChI is InChI=1S/C54H58F8N4O4S2/c1-69-34-7-9-47-39(27-34)37(45(60)31-63-47)5-3-11-53(13-17-65(18-14-53)21-23-71-36-29-41(56)49(62)42(57)30-36)51(67)52(68)54(12-4-6-38-40-28-35(70-2)8-10-48(40)64-32-46(38)61)15-19-66(20-16-54)22-24-72-50-43(58)25-33(55)26-44(50)59/h7-10,25-32,51-52,67-68H,3-6,11-24H2,1-2H3. The van der Waals surface area contributed by atoms with Crippen molar-refractivity contribution in [3.63, 3.8) is 0 Å². The molecule has 18 heteroatoms. The van der Waals surface area contributed by atoms with E-state index in [2.05, 4.69) is 19.8 Å². The number of aryl methyl sites for hydroxylation is 2.